The van der Waals surface area contributed by atoms with Crippen molar-refractivity contribution in [2.75, 3.05) is 39.4 Å². The van der Waals surface area contributed by atoms with Gasteiger partial charge in [-0.05, 0) is 41.8 Å². The van der Waals surface area contributed by atoms with E-state index in [1.807, 2.05) is 78.9 Å². The molecule has 0 radical (unpaired) electrons. The van der Waals surface area contributed by atoms with Gasteiger partial charge >= 0.3 is 0 Å². The molecule has 3 aromatic carbocycles. The molecule has 0 bridgehead atoms. The normalized spacial score (nSPS) is 14.7. The summed E-state index contributed by atoms with van der Waals surface area (Å²) in [5, 5.41) is 6.00. The van der Waals surface area contributed by atoms with Crippen LogP contribution in [0.1, 0.15) is 22.3 Å². The number of morpholine rings is 1. The zero-order chi connectivity index (χ0) is 24.3. The van der Waals surface area contributed by atoms with Gasteiger partial charge in [-0.2, -0.15) is 0 Å². The van der Waals surface area contributed by atoms with Crippen LogP contribution in [0.2, 0.25) is 0 Å². The van der Waals surface area contributed by atoms with Crippen molar-refractivity contribution in [2.45, 2.75) is 18.9 Å². The summed E-state index contributed by atoms with van der Waals surface area (Å²) in [7, 11) is 0. The van der Waals surface area contributed by atoms with Crippen LogP contribution in [-0.4, -0.2) is 62.1 Å². The Kier molecular flexibility index (Phi) is 9.04. The van der Waals surface area contributed by atoms with Crippen molar-refractivity contribution in [2.24, 2.45) is 0 Å². The van der Waals surface area contributed by atoms with E-state index in [0.29, 0.717) is 18.5 Å². The number of nitrogens with zero attached hydrogens (tertiary/aromatic N) is 1. The fraction of sp³-hybridized carbons (Fsp3) is 0.310. The Balaban J connectivity index is 1.39. The Morgan fingerprint density at radius 2 is 1.54 bits per heavy atom. The molecular weight excluding hydrogens is 438 g/mol. The fourth-order valence-electron chi connectivity index (χ4n) is 4.23. The molecule has 0 saturated carbocycles. The second-order valence-electron chi connectivity index (χ2n) is 8.76. The van der Waals surface area contributed by atoms with Gasteiger partial charge in [0.05, 0.1) is 13.2 Å². The van der Waals surface area contributed by atoms with E-state index in [2.05, 4.69) is 15.5 Å². The monoisotopic (exact) mass is 471 g/mol. The minimum atomic E-state index is -0.659. The topological polar surface area (TPSA) is 70.7 Å². The molecule has 1 aliphatic heterocycles. The zero-order valence-corrected chi connectivity index (χ0v) is 20.0. The third-order valence-corrected chi connectivity index (χ3v) is 6.19. The Hall–Kier alpha value is -3.48. The highest BCUT2D eigenvalue weighted by Gasteiger charge is 2.22. The highest BCUT2D eigenvalue weighted by atomic mass is 16.5. The van der Waals surface area contributed by atoms with E-state index in [0.717, 1.165) is 56.0 Å². The molecule has 182 valence electrons. The van der Waals surface area contributed by atoms with E-state index < -0.39 is 6.04 Å². The first-order valence-corrected chi connectivity index (χ1v) is 12.3. The second kappa shape index (κ2) is 12.8. The first-order valence-electron chi connectivity index (χ1n) is 12.3. The summed E-state index contributed by atoms with van der Waals surface area (Å²) < 4.78 is 5.39. The summed E-state index contributed by atoms with van der Waals surface area (Å²) in [6, 6.07) is 26.6. The molecule has 0 aromatic heterocycles. The lowest BCUT2D eigenvalue weighted by Gasteiger charge is -2.26. The second-order valence-corrected chi connectivity index (χ2v) is 8.76. The van der Waals surface area contributed by atoms with E-state index in [-0.39, 0.29) is 11.8 Å². The predicted octanol–water partition coefficient (Wildman–Crippen LogP) is 3.53. The van der Waals surface area contributed by atoms with Crippen LogP contribution in [0.15, 0.2) is 84.9 Å². The van der Waals surface area contributed by atoms with Crippen molar-refractivity contribution in [3.05, 3.63) is 96.1 Å². The Morgan fingerprint density at radius 1 is 0.857 bits per heavy atom. The maximum atomic E-state index is 13.2. The van der Waals surface area contributed by atoms with Crippen molar-refractivity contribution in [3.63, 3.8) is 0 Å². The summed E-state index contributed by atoms with van der Waals surface area (Å²) in [6.45, 7) is 4.89. The fourth-order valence-corrected chi connectivity index (χ4v) is 4.23. The smallest absolute Gasteiger partial charge is 0.251 e. The minimum absolute atomic E-state index is 0.164. The molecule has 0 spiro atoms. The lowest BCUT2D eigenvalue weighted by molar-refractivity contribution is -0.123. The molecule has 2 amide bonds. The number of benzene rings is 3. The molecule has 6 nitrogen and oxygen atoms in total. The number of nitrogens with one attached hydrogen (secondary N) is 2. The first-order chi connectivity index (χ1) is 17.2. The van der Waals surface area contributed by atoms with Crippen LogP contribution in [0.25, 0.3) is 11.1 Å². The molecular formula is C29H33N3O3. The van der Waals surface area contributed by atoms with Crippen molar-refractivity contribution in [1.29, 1.82) is 0 Å². The third-order valence-electron chi connectivity index (χ3n) is 6.19. The molecule has 1 heterocycles. The van der Waals surface area contributed by atoms with Gasteiger partial charge in [0.25, 0.3) is 5.91 Å². The summed E-state index contributed by atoms with van der Waals surface area (Å²) in [4.78, 5) is 28.6. The predicted molar refractivity (Wildman–Crippen MR) is 138 cm³/mol. The number of hydrogen-bond donors (Lipinski definition) is 2. The van der Waals surface area contributed by atoms with Crippen LogP contribution in [0.4, 0.5) is 0 Å². The van der Waals surface area contributed by atoms with Crippen LogP contribution in [0.3, 0.4) is 0 Å². The Morgan fingerprint density at radius 3 is 2.29 bits per heavy atom. The van der Waals surface area contributed by atoms with E-state index in [1.54, 1.807) is 6.07 Å². The molecule has 1 aliphatic rings. The molecule has 1 fully saturated rings. The number of rotatable bonds is 10. The summed E-state index contributed by atoms with van der Waals surface area (Å²) in [6.07, 6.45) is 1.29. The van der Waals surface area contributed by atoms with E-state index >= 15 is 0 Å². The van der Waals surface area contributed by atoms with E-state index in [9.17, 15) is 9.59 Å². The van der Waals surface area contributed by atoms with Crippen molar-refractivity contribution in [1.82, 2.24) is 15.5 Å². The highest BCUT2D eigenvalue weighted by Crippen LogP contribution is 2.20. The summed E-state index contributed by atoms with van der Waals surface area (Å²) in [5.41, 5.74) is 3.54. The van der Waals surface area contributed by atoms with Crippen molar-refractivity contribution >= 4 is 11.8 Å². The molecule has 0 unspecified atom stereocenters. The highest BCUT2D eigenvalue weighted by molar-refractivity contribution is 5.98. The molecule has 35 heavy (non-hydrogen) atoms. The van der Waals surface area contributed by atoms with Gasteiger partial charge in [-0.3, -0.25) is 14.5 Å². The molecule has 1 saturated heterocycles. The molecule has 3 aromatic rings. The van der Waals surface area contributed by atoms with Gasteiger partial charge in [0, 0.05) is 31.6 Å². The number of ether oxygens (including phenoxy) is 1. The molecule has 0 aliphatic carbocycles. The van der Waals surface area contributed by atoms with E-state index in [4.69, 9.17) is 4.74 Å². The quantitative estimate of drug-likeness (QED) is 0.444. The van der Waals surface area contributed by atoms with Gasteiger partial charge in [-0.15, -0.1) is 0 Å². The number of carbonyl (C=O) groups is 2. The van der Waals surface area contributed by atoms with Crippen molar-refractivity contribution in [3.8, 4) is 11.1 Å². The van der Waals surface area contributed by atoms with E-state index in [1.165, 1.54) is 0 Å². The average Bonchev–Trinajstić information content (AvgIpc) is 2.92. The van der Waals surface area contributed by atoms with Gasteiger partial charge in [0.1, 0.15) is 6.04 Å². The van der Waals surface area contributed by atoms with Gasteiger partial charge in [-0.1, -0.05) is 72.8 Å². The maximum absolute atomic E-state index is 13.2. The molecule has 1 atom stereocenters. The lowest BCUT2D eigenvalue weighted by atomic mass is 10.0. The standard InChI is InChI=1S/C29H33N3O3/c33-28(26-14-7-13-25(22-26)24-11-5-2-6-12-24)31-27(21-23-9-3-1-4-10-23)29(34)30-15-8-16-32-17-19-35-20-18-32/h1-7,9-14,22,27H,8,15-21H2,(H,30,34)(H,31,33)/t27-/m0/s1. The van der Waals surface area contributed by atoms with Crippen LogP contribution >= 0.6 is 0 Å². The van der Waals surface area contributed by atoms with Crippen molar-refractivity contribution < 1.29 is 14.3 Å². The van der Waals surface area contributed by atoms with Crippen LogP contribution < -0.4 is 10.6 Å². The minimum Gasteiger partial charge on any atom is -0.379 e. The van der Waals surface area contributed by atoms with Gasteiger partial charge in [-0.25, -0.2) is 0 Å². The SMILES string of the molecule is O=C(N[C@@H](Cc1ccccc1)C(=O)NCCCN1CCOCC1)c1cccc(-c2ccccc2)c1. The van der Waals surface area contributed by atoms with Crippen LogP contribution in [0.5, 0.6) is 0 Å². The molecule has 6 heteroatoms. The number of amides is 2. The Labute approximate surface area is 207 Å². The largest absolute Gasteiger partial charge is 0.379 e. The average molecular weight is 472 g/mol. The number of hydrogen-bond acceptors (Lipinski definition) is 4. The lowest BCUT2D eigenvalue weighted by Crippen LogP contribution is -2.48. The molecule has 4 rings (SSSR count). The number of carbonyl (C=O) groups excluding carboxylic acids is 2. The van der Waals surface area contributed by atoms with Crippen LogP contribution in [0, 0.1) is 0 Å². The van der Waals surface area contributed by atoms with Gasteiger partial charge in [0.2, 0.25) is 5.91 Å². The zero-order valence-electron chi connectivity index (χ0n) is 20.0. The van der Waals surface area contributed by atoms with Crippen LogP contribution in [-0.2, 0) is 16.0 Å². The van der Waals surface area contributed by atoms with Gasteiger partial charge < -0.3 is 15.4 Å². The summed E-state index contributed by atoms with van der Waals surface area (Å²) in [5.74, 6) is -0.421. The first kappa shape index (κ1) is 24.6. The molecule has 2 N–H and O–H groups in total. The summed E-state index contributed by atoms with van der Waals surface area (Å²) >= 11 is 0. The Bertz CT molecular complexity index is 1080. The third kappa shape index (κ3) is 7.50. The maximum Gasteiger partial charge on any atom is 0.251 e. The van der Waals surface area contributed by atoms with Gasteiger partial charge in [0.15, 0.2) is 0 Å².